The van der Waals surface area contributed by atoms with Crippen LogP contribution in [0.25, 0.3) is 0 Å². The molecule has 3 aromatic rings. The largest absolute Gasteiger partial charge is 0.456 e. The van der Waals surface area contributed by atoms with E-state index in [2.05, 4.69) is 15.0 Å². The molecule has 0 saturated heterocycles. The number of nitrogens with two attached hydrogens (primary N) is 1. The first-order chi connectivity index (χ1) is 13.5. The molecule has 1 heterocycles. The Hall–Kier alpha value is -3.13. The van der Waals surface area contributed by atoms with Crippen LogP contribution in [0.3, 0.4) is 0 Å². The molecule has 144 valence electrons. The highest BCUT2D eigenvalue weighted by molar-refractivity contribution is 8.00. The number of hydrogen-bond donors (Lipinski definition) is 1. The highest BCUT2D eigenvalue weighted by atomic mass is 32.2. The summed E-state index contributed by atoms with van der Waals surface area (Å²) in [5.74, 6) is 0.436. The molecule has 0 saturated carbocycles. The Morgan fingerprint density at radius 2 is 1.68 bits per heavy atom. The molecular formula is C20H21N5O2S. The van der Waals surface area contributed by atoms with Gasteiger partial charge in [-0.1, -0.05) is 48.5 Å². The van der Waals surface area contributed by atoms with Crippen LogP contribution in [-0.4, -0.2) is 35.0 Å². The summed E-state index contributed by atoms with van der Waals surface area (Å²) in [4.78, 5) is 27.9. The van der Waals surface area contributed by atoms with Crippen molar-refractivity contribution < 1.29 is 9.53 Å². The van der Waals surface area contributed by atoms with Crippen LogP contribution in [0.4, 0.5) is 11.9 Å². The van der Waals surface area contributed by atoms with Gasteiger partial charge in [-0.15, -0.1) is 11.8 Å². The van der Waals surface area contributed by atoms with Crippen LogP contribution in [-0.2, 0) is 16.1 Å². The van der Waals surface area contributed by atoms with Gasteiger partial charge in [-0.05, 0) is 17.7 Å². The number of rotatable bonds is 7. The lowest BCUT2D eigenvalue weighted by Gasteiger charge is -2.16. The summed E-state index contributed by atoms with van der Waals surface area (Å²) >= 11 is 1.44. The van der Waals surface area contributed by atoms with Gasteiger partial charge in [-0.2, -0.15) is 15.0 Å². The Kier molecular flexibility index (Phi) is 6.44. The summed E-state index contributed by atoms with van der Waals surface area (Å²) < 4.78 is 5.52. The minimum absolute atomic E-state index is 0.0783. The molecule has 3 rings (SSSR count). The zero-order valence-corrected chi connectivity index (χ0v) is 16.5. The number of hydrogen-bond acceptors (Lipinski definition) is 8. The lowest BCUT2D eigenvalue weighted by Crippen LogP contribution is -2.18. The highest BCUT2D eigenvalue weighted by Crippen LogP contribution is 2.36. The summed E-state index contributed by atoms with van der Waals surface area (Å²) in [5.41, 5.74) is 6.59. The van der Waals surface area contributed by atoms with Gasteiger partial charge in [-0.25, -0.2) is 0 Å². The molecule has 1 aromatic heterocycles. The number of carbonyl (C=O) groups is 1. The lowest BCUT2D eigenvalue weighted by atomic mass is 10.1. The van der Waals surface area contributed by atoms with Crippen molar-refractivity contribution in [3.8, 4) is 0 Å². The summed E-state index contributed by atoms with van der Waals surface area (Å²) in [5, 5.41) is -0.504. The van der Waals surface area contributed by atoms with Crippen LogP contribution in [0.5, 0.6) is 0 Å². The van der Waals surface area contributed by atoms with Gasteiger partial charge in [0.05, 0.1) is 0 Å². The minimum atomic E-state index is -0.504. The third-order valence-electron chi connectivity index (χ3n) is 3.74. The zero-order valence-electron chi connectivity index (χ0n) is 15.6. The number of esters is 1. The highest BCUT2D eigenvalue weighted by Gasteiger charge is 2.24. The van der Waals surface area contributed by atoms with E-state index in [1.165, 1.54) is 11.8 Å². The Morgan fingerprint density at radius 3 is 2.32 bits per heavy atom. The molecule has 2 N–H and O–H groups in total. The van der Waals surface area contributed by atoms with Crippen molar-refractivity contribution in [1.29, 1.82) is 0 Å². The smallest absolute Gasteiger partial charge is 0.324 e. The summed E-state index contributed by atoms with van der Waals surface area (Å²) in [6, 6.07) is 19.3. The maximum absolute atomic E-state index is 12.9. The van der Waals surface area contributed by atoms with Crippen LogP contribution < -0.4 is 10.6 Å². The van der Waals surface area contributed by atoms with Crippen LogP contribution in [0.1, 0.15) is 16.6 Å². The van der Waals surface area contributed by atoms with Crippen molar-refractivity contribution in [2.75, 3.05) is 24.7 Å². The molecule has 1 unspecified atom stereocenters. The molecule has 0 aliphatic rings. The standard InChI is InChI=1S/C20H21N5O2S/c1-25(2)20-23-16(22-19(21)24-20)13-27-18(26)17(14-9-5-3-6-10-14)28-15-11-7-4-8-12-15/h3-12,17H,13H2,1-2H3,(H2,21,22,23,24). The molecule has 0 spiro atoms. The van der Waals surface area contributed by atoms with Crippen LogP contribution in [0.2, 0.25) is 0 Å². The van der Waals surface area contributed by atoms with E-state index in [4.69, 9.17) is 10.5 Å². The van der Waals surface area contributed by atoms with Crippen molar-refractivity contribution in [2.24, 2.45) is 0 Å². The number of benzene rings is 2. The molecule has 2 aromatic carbocycles. The van der Waals surface area contributed by atoms with Gasteiger partial charge in [0.1, 0.15) is 5.25 Å². The number of nitrogens with zero attached hydrogens (tertiary/aromatic N) is 4. The first-order valence-corrected chi connectivity index (χ1v) is 9.52. The number of anilines is 2. The zero-order chi connectivity index (χ0) is 19.9. The Labute approximate surface area is 168 Å². The normalized spacial score (nSPS) is 11.6. The first-order valence-electron chi connectivity index (χ1n) is 8.64. The Balaban J connectivity index is 1.76. The van der Waals surface area contributed by atoms with Crippen LogP contribution >= 0.6 is 11.8 Å². The van der Waals surface area contributed by atoms with Gasteiger partial charge >= 0.3 is 5.97 Å². The number of carbonyl (C=O) groups excluding carboxylic acids is 1. The van der Waals surface area contributed by atoms with Crippen LogP contribution in [0, 0.1) is 0 Å². The van der Waals surface area contributed by atoms with E-state index in [0.29, 0.717) is 11.8 Å². The molecule has 0 bridgehead atoms. The maximum atomic E-state index is 12.9. The first kappa shape index (κ1) is 19.6. The van der Waals surface area contributed by atoms with E-state index in [1.54, 1.807) is 19.0 Å². The average molecular weight is 395 g/mol. The predicted octanol–water partition coefficient (Wildman–Crippen LogP) is 3.10. The molecule has 0 amide bonds. The molecule has 0 aliphatic carbocycles. The molecule has 0 fully saturated rings. The fraction of sp³-hybridized carbons (Fsp3) is 0.200. The topological polar surface area (TPSA) is 94.2 Å². The van der Waals surface area contributed by atoms with E-state index < -0.39 is 5.25 Å². The third-order valence-corrected chi connectivity index (χ3v) is 4.99. The molecule has 0 radical (unpaired) electrons. The van der Waals surface area contributed by atoms with Gasteiger partial charge in [0.15, 0.2) is 12.4 Å². The quantitative estimate of drug-likeness (QED) is 0.482. The van der Waals surface area contributed by atoms with E-state index in [1.807, 2.05) is 60.7 Å². The van der Waals surface area contributed by atoms with Gasteiger partial charge in [0, 0.05) is 19.0 Å². The van der Waals surface area contributed by atoms with Gasteiger partial charge < -0.3 is 15.4 Å². The molecule has 28 heavy (non-hydrogen) atoms. The Bertz CT molecular complexity index is 922. The fourth-order valence-corrected chi connectivity index (χ4v) is 3.46. The summed E-state index contributed by atoms with van der Waals surface area (Å²) in [6.07, 6.45) is 0. The maximum Gasteiger partial charge on any atom is 0.324 e. The Morgan fingerprint density at radius 1 is 1.04 bits per heavy atom. The van der Waals surface area contributed by atoms with Crippen LogP contribution in [0.15, 0.2) is 65.6 Å². The van der Waals surface area contributed by atoms with Crippen molar-refractivity contribution in [3.63, 3.8) is 0 Å². The van der Waals surface area contributed by atoms with E-state index in [9.17, 15) is 4.79 Å². The second kappa shape index (κ2) is 9.18. The molecule has 7 nitrogen and oxygen atoms in total. The molecule has 0 aliphatic heterocycles. The second-order valence-electron chi connectivity index (χ2n) is 6.13. The van der Waals surface area contributed by atoms with Crippen molar-refractivity contribution >= 4 is 29.6 Å². The van der Waals surface area contributed by atoms with Crippen molar-refractivity contribution in [1.82, 2.24) is 15.0 Å². The van der Waals surface area contributed by atoms with E-state index in [-0.39, 0.29) is 18.5 Å². The lowest BCUT2D eigenvalue weighted by molar-refractivity contribution is -0.144. The SMILES string of the molecule is CN(C)c1nc(N)nc(COC(=O)C(Sc2ccccc2)c2ccccc2)n1. The third kappa shape index (κ3) is 5.20. The summed E-state index contributed by atoms with van der Waals surface area (Å²) in [6.45, 7) is -0.0783. The predicted molar refractivity (Wildman–Crippen MR) is 110 cm³/mol. The van der Waals surface area contributed by atoms with E-state index >= 15 is 0 Å². The number of ether oxygens (including phenoxy) is 1. The molecule has 8 heteroatoms. The number of aromatic nitrogens is 3. The summed E-state index contributed by atoms with van der Waals surface area (Å²) in [7, 11) is 3.60. The second-order valence-corrected chi connectivity index (χ2v) is 7.31. The number of nitrogen functional groups attached to an aromatic ring is 1. The number of thioether (sulfide) groups is 1. The minimum Gasteiger partial charge on any atom is -0.456 e. The molecular weight excluding hydrogens is 374 g/mol. The van der Waals surface area contributed by atoms with Gasteiger partial charge in [-0.3, -0.25) is 4.79 Å². The van der Waals surface area contributed by atoms with Gasteiger partial charge in [0.2, 0.25) is 11.9 Å². The van der Waals surface area contributed by atoms with E-state index in [0.717, 1.165) is 10.5 Å². The van der Waals surface area contributed by atoms with Crippen molar-refractivity contribution in [2.45, 2.75) is 16.8 Å². The average Bonchev–Trinajstić information content (AvgIpc) is 2.71. The monoisotopic (exact) mass is 395 g/mol. The van der Waals surface area contributed by atoms with Gasteiger partial charge in [0.25, 0.3) is 0 Å². The fourth-order valence-electron chi connectivity index (χ4n) is 2.42. The molecule has 1 atom stereocenters. The van der Waals surface area contributed by atoms with Crippen molar-refractivity contribution in [3.05, 3.63) is 72.1 Å².